The van der Waals surface area contributed by atoms with Crippen molar-refractivity contribution in [1.29, 1.82) is 0 Å². The van der Waals surface area contributed by atoms with Crippen molar-refractivity contribution in [3.63, 3.8) is 0 Å². The van der Waals surface area contributed by atoms with E-state index in [1.165, 1.54) is 13.0 Å². The molecular weight excluding hydrogens is 215 g/mol. The van der Waals surface area contributed by atoms with E-state index in [1.54, 1.807) is 0 Å². The summed E-state index contributed by atoms with van der Waals surface area (Å²) in [6.45, 7) is 2.33. The Bertz CT molecular complexity index is 128. The summed E-state index contributed by atoms with van der Waals surface area (Å²) < 4.78 is 2.28. The van der Waals surface area contributed by atoms with Crippen molar-refractivity contribution in [1.82, 2.24) is 3.11 Å². The molecule has 46 valence electrons. The van der Waals surface area contributed by atoms with Crippen LogP contribution in [0.4, 0.5) is 0 Å². The van der Waals surface area contributed by atoms with Gasteiger partial charge in [0.15, 0.2) is 0 Å². The van der Waals surface area contributed by atoms with Crippen molar-refractivity contribution in [3.05, 3.63) is 0 Å². The smallest absolute Gasteiger partial charge is 0.0337 e. The summed E-state index contributed by atoms with van der Waals surface area (Å²) in [4.78, 5) is 0. The van der Waals surface area contributed by atoms with E-state index >= 15 is 0 Å². The molecule has 0 bridgehead atoms. The topological polar surface area (TPSA) is 29.3 Å². The van der Waals surface area contributed by atoms with Gasteiger partial charge in [-0.3, -0.25) is 0 Å². The molecule has 0 aromatic heterocycles. The lowest BCUT2D eigenvalue weighted by Crippen LogP contribution is -2.28. The molecule has 2 N–H and O–H groups in total. The van der Waals surface area contributed by atoms with Gasteiger partial charge in [-0.05, 0) is 12.3 Å². The van der Waals surface area contributed by atoms with Gasteiger partial charge in [0.25, 0.3) is 0 Å². The monoisotopic (exact) mass is 224 g/mol. The fourth-order valence-corrected chi connectivity index (χ4v) is 2.57. The molecule has 0 spiro atoms. The molecule has 2 rings (SSSR count). The number of piperidine rings is 1. The van der Waals surface area contributed by atoms with E-state index in [-0.39, 0.29) is 5.54 Å². The second-order valence-electron chi connectivity index (χ2n) is 2.94. The summed E-state index contributed by atoms with van der Waals surface area (Å²) in [5.41, 5.74) is 6.15. The fourth-order valence-electron chi connectivity index (χ4n) is 1.46. The normalized spacial score (nSPS) is 54.0. The van der Waals surface area contributed by atoms with E-state index in [0.717, 1.165) is 12.5 Å². The summed E-state index contributed by atoms with van der Waals surface area (Å²) in [7, 11) is 0. The number of nitrogens with zero attached hydrogens (tertiary/aromatic N) is 1. The van der Waals surface area contributed by atoms with Crippen LogP contribution in [-0.4, -0.2) is 21.7 Å². The summed E-state index contributed by atoms with van der Waals surface area (Å²) >= 11 is 2.34. The molecule has 0 amide bonds. The van der Waals surface area contributed by atoms with Crippen LogP contribution in [-0.2, 0) is 0 Å². The predicted molar refractivity (Wildman–Crippen MR) is 40.6 cm³/mol. The highest BCUT2D eigenvalue weighted by atomic mass is 127. The van der Waals surface area contributed by atoms with E-state index in [1.807, 2.05) is 0 Å². The van der Waals surface area contributed by atoms with Crippen LogP contribution in [0, 0.1) is 5.92 Å². The van der Waals surface area contributed by atoms with Gasteiger partial charge in [-0.1, -0.05) is 0 Å². The molecule has 2 atom stereocenters. The van der Waals surface area contributed by atoms with Crippen LogP contribution in [0.25, 0.3) is 0 Å². The number of nitrogens with two attached hydrogens (primary N) is 1. The second-order valence-corrected chi connectivity index (χ2v) is 4.30. The Morgan fingerprint density at radius 2 is 2.50 bits per heavy atom. The minimum atomic E-state index is 0.251. The highest BCUT2D eigenvalue weighted by molar-refractivity contribution is 14.1. The van der Waals surface area contributed by atoms with Gasteiger partial charge in [-0.25, -0.2) is 3.11 Å². The predicted octanol–water partition coefficient (Wildman–Crippen LogP) is 0.369. The van der Waals surface area contributed by atoms with E-state index in [9.17, 15) is 0 Å². The lowest BCUT2D eigenvalue weighted by Gasteiger charge is -2.07. The molecule has 1 saturated heterocycles. The molecular formula is C5H9IN2. The molecule has 1 aliphatic carbocycles. The van der Waals surface area contributed by atoms with E-state index in [0.29, 0.717) is 0 Å². The standard InChI is InChI=1S/C5H9IN2/c6-8-2-4-1-5(4,7)3-8/h4H,1-3,7H2/t4-,5-/m0/s1. The maximum absolute atomic E-state index is 5.90. The first-order valence-corrected chi connectivity index (χ1v) is 3.87. The van der Waals surface area contributed by atoms with Crippen molar-refractivity contribution in [2.45, 2.75) is 12.0 Å². The Morgan fingerprint density at radius 3 is 2.75 bits per heavy atom. The van der Waals surface area contributed by atoms with Crippen LogP contribution in [0.5, 0.6) is 0 Å². The minimum Gasteiger partial charge on any atom is -0.324 e. The molecule has 3 heteroatoms. The molecule has 0 unspecified atom stereocenters. The Morgan fingerprint density at radius 1 is 1.75 bits per heavy atom. The molecule has 1 heterocycles. The zero-order valence-electron chi connectivity index (χ0n) is 4.60. The number of fused-ring (bicyclic) bond motifs is 1. The molecule has 2 nitrogen and oxygen atoms in total. The Kier molecular flexibility index (Phi) is 0.939. The maximum Gasteiger partial charge on any atom is 0.0337 e. The third-order valence-corrected chi connectivity index (χ3v) is 2.90. The van der Waals surface area contributed by atoms with Crippen molar-refractivity contribution in [2.75, 3.05) is 13.1 Å². The number of hydrogen-bond donors (Lipinski definition) is 1. The van der Waals surface area contributed by atoms with Gasteiger partial charge in [0.1, 0.15) is 0 Å². The molecule has 2 aliphatic rings. The summed E-state index contributed by atoms with van der Waals surface area (Å²) in [6.07, 6.45) is 1.27. The van der Waals surface area contributed by atoms with Crippen molar-refractivity contribution >= 4 is 22.9 Å². The zero-order valence-corrected chi connectivity index (χ0v) is 6.76. The third kappa shape index (κ3) is 0.610. The van der Waals surface area contributed by atoms with Crippen LogP contribution >= 0.6 is 22.9 Å². The Labute approximate surface area is 62.9 Å². The second kappa shape index (κ2) is 1.38. The zero-order chi connectivity index (χ0) is 5.78. The Hall–Kier alpha value is 0.650. The molecule has 1 saturated carbocycles. The van der Waals surface area contributed by atoms with Gasteiger partial charge in [-0.15, -0.1) is 0 Å². The molecule has 0 aromatic rings. The molecule has 0 radical (unpaired) electrons. The van der Waals surface area contributed by atoms with Crippen molar-refractivity contribution < 1.29 is 0 Å². The van der Waals surface area contributed by atoms with Gasteiger partial charge in [0, 0.05) is 41.5 Å². The fraction of sp³-hybridized carbons (Fsp3) is 1.00. The highest BCUT2D eigenvalue weighted by Gasteiger charge is 2.56. The molecule has 1 aliphatic heterocycles. The average Bonchev–Trinajstić information content (AvgIpc) is 2.07. The molecule has 8 heavy (non-hydrogen) atoms. The van der Waals surface area contributed by atoms with Crippen LogP contribution in [0.3, 0.4) is 0 Å². The molecule has 2 fully saturated rings. The molecule has 0 aromatic carbocycles. The van der Waals surface area contributed by atoms with Crippen molar-refractivity contribution in [2.24, 2.45) is 11.7 Å². The lowest BCUT2D eigenvalue weighted by molar-refractivity contribution is 0.534. The van der Waals surface area contributed by atoms with Crippen LogP contribution in [0.15, 0.2) is 0 Å². The summed E-state index contributed by atoms with van der Waals surface area (Å²) in [5, 5.41) is 0. The van der Waals surface area contributed by atoms with Gasteiger partial charge in [0.05, 0.1) is 0 Å². The maximum atomic E-state index is 5.90. The average molecular weight is 224 g/mol. The van der Waals surface area contributed by atoms with Gasteiger partial charge >= 0.3 is 0 Å². The Balaban J connectivity index is 2.10. The highest BCUT2D eigenvalue weighted by Crippen LogP contribution is 2.48. The van der Waals surface area contributed by atoms with E-state index in [4.69, 9.17) is 5.73 Å². The third-order valence-electron chi connectivity index (χ3n) is 2.16. The first-order valence-electron chi connectivity index (χ1n) is 2.90. The largest absolute Gasteiger partial charge is 0.324 e. The van der Waals surface area contributed by atoms with Gasteiger partial charge < -0.3 is 5.73 Å². The van der Waals surface area contributed by atoms with Crippen molar-refractivity contribution in [3.8, 4) is 0 Å². The number of halogens is 1. The quantitative estimate of drug-likeness (QED) is 0.475. The SMILES string of the molecule is N[C@]12C[C@H]1CN(I)C2. The summed E-state index contributed by atoms with van der Waals surface area (Å²) in [5.74, 6) is 0.833. The number of hydrogen-bond acceptors (Lipinski definition) is 2. The van der Waals surface area contributed by atoms with Crippen LogP contribution in [0.2, 0.25) is 0 Å². The first kappa shape index (κ1) is 5.44. The van der Waals surface area contributed by atoms with Gasteiger partial charge in [-0.2, -0.15) is 0 Å². The minimum absolute atomic E-state index is 0.251. The first-order chi connectivity index (χ1) is 3.71. The van der Waals surface area contributed by atoms with E-state index in [2.05, 4.69) is 26.0 Å². The van der Waals surface area contributed by atoms with Gasteiger partial charge in [0.2, 0.25) is 0 Å². The number of rotatable bonds is 0. The van der Waals surface area contributed by atoms with Crippen LogP contribution < -0.4 is 5.73 Å². The summed E-state index contributed by atoms with van der Waals surface area (Å²) in [6, 6.07) is 0. The van der Waals surface area contributed by atoms with Crippen LogP contribution in [0.1, 0.15) is 6.42 Å². The van der Waals surface area contributed by atoms with E-state index < -0.39 is 0 Å². The lowest BCUT2D eigenvalue weighted by atomic mass is 10.3.